The van der Waals surface area contributed by atoms with Crippen molar-refractivity contribution in [1.82, 2.24) is 14.8 Å². The van der Waals surface area contributed by atoms with E-state index in [2.05, 4.69) is 15.4 Å². The number of hydrogen-bond acceptors (Lipinski definition) is 4. The van der Waals surface area contributed by atoms with E-state index in [4.69, 9.17) is 0 Å². The normalized spacial score (nSPS) is 11.3. The summed E-state index contributed by atoms with van der Waals surface area (Å²) in [6.45, 7) is 0.294. The lowest BCUT2D eigenvalue weighted by Gasteiger charge is -2.19. The Kier molecular flexibility index (Phi) is 4.87. The molecule has 1 heterocycles. The zero-order valence-corrected chi connectivity index (χ0v) is 12.6. The lowest BCUT2D eigenvalue weighted by molar-refractivity contribution is -0.137. The third kappa shape index (κ3) is 4.44. The highest BCUT2D eigenvalue weighted by molar-refractivity contribution is 5.94. The zero-order valence-electron chi connectivity index (χ0n) is 12.6. The zero-order chi connectivity index (χ0) is 17.0. The molecule has 0 aliphatic rings. The van der Waals surface area contributed by atoms with Crippen molar-refractivity contribution in [2.75, 3.05) is 24.3 Å². The standard InChI is InChI=1S/C14H16F3N5O/c1-21(2)12-4-3-10(14(15,16)17)7-11(12)20-13(23)5-6-22-9-18-8-19-22/h3-4,7-9H,5-6H2,1-2H3,(H,20,23). The molecule has 1 aromatic carbocycles. The third-order valence-corrected chi connectivity index (χ3v) is 3.11. The van der Waals surface area contributed by atoms with Crippen molar-refractivity contribution in [2.24, 2.45) is 0 Å². The van der Waals surface area contributed by atoms with Gasteiger partial charge in [0.05, 0.1) is 23.5 Å². The number of aryl methyl sites for hydroxylation is 1. The van der Waals surface area contributed by atoms with Crippen LogP contribution in [0.1, 0.15) is 12.0 Å². The van der Waals surface area contributed by atoms with Crippen molar-refractivity contribution >= 4 is 17.3 Å². The summed E-state index contributed by atoms with van der Waals surface area (Å²) in [5, 5.41) is 6.38. The van der Waals surface area contributed by atoms with Gasteiger partial charge in [-0.2, -0.15) is 18.3 Å². The second-order valence-electron chi connectivity index (χ2n) is 5.08. The van der Waals surface area contributed by atoms with Crippen LogP contribution in [0.2, 0.25) is 0 Å². The Labute approximate surface area is 130 Å². The summed E-state index contributed by atoms with van der Waals surface area (Å²) in [6, 6.07) is 3.25. The maximum Gasteiger partial charge on any atom is 0.416 e. The van der Waals surface area contributed by atoms with Gasteiger partial charge in [0.15, 0.2) is 0 Å². The summed E-state index contributed by atoms with van der Waals surface area (Å²) >= 11 is 0. The van der Waals surface area contributed by atoms with Crippen LogP contribution >= 0.6 is 0 Å². The van der Waals surface area contributed by atoms with Gasteiger partial charge in [0.25, 0.3) is 0 Å². The Hall–Kier alpha value is -2.58. The van der Waals surface area contributed by atoms with Crippen LogP contribution in [0.15, 0.2) is 30.9 Å². The predicted octanol–water partition coefficient (Wildman–Crippen LogP) is 2.39. The molecule has 0 aliphatic carbocycles. The number of halogens is 3. The Bertz CT molecular complexity index is 668. The first-order chi connectivity index (χ1) is 10.8. The fourth-order valence-electron chi connectivity index (χ4n) is 1.98. The lowest BCUT2D eigenvalue weighted by atomic mass is 10.1. The smallest absolute Gasteiger partial charge is 0.376 e. The average Bonchev–Trinajstić information content (AvgIpc) is 2.97. The number of alkyl halides is 3. The molecule has 23 heavy (non-hydrogen) atoms. The van der Waals surface area contributed by atoms with E-state index in [1.54, 1.807) is 19.0 Å². The average molecular weight is 327 g/mol. The van der Waals surface area contributed by atoms with Crippen molar-refractivity contribution in [3.8, 4) is 0 Å². The van der Waals surface area contributed by atoms with Crippen molar-refractivity contribution in [1.29, 1.82) is 0 Å². The van der Waals surface area contributed by atoms with Crippen LogP contribution in [0.5, 0.6) is 0 Å². The molecule has 0 aliphatic heterocycles. The monoisotopic (exact) mass is 327 g/mol. The molecule has 0 spiro atoms. The van der Waals surface area contributed by atoms with Gasteiger partial charge in [0, 0.05) is 20.5 Å². The maximum absolute atomic E-state index is 12.8. The van der Waals surface area contributed by atoms with Crippen LogP contribution in [0.3, 0.4) is 0 Å². The van der Waals surface area contributed by atoms with E-state index in [9.17, 15) is 18.0 Å². The number of anilines is 2. The number of hydrogen-bond donors (Lipinski definition) is 1. The number of aromatic nitrogens is 3. The van der Waals surface area contributed by atoms with Gasteiger partial charge in [-0.3, -0.25) is 9.48 Å². The quantitative estimate of drug-likeness (QED) is 0.916. The highest BCUT2D eigenvalue weighted by Crippen LogP contribution is 2.34. The van der Waals surface area contributed by atoms with Crippen LogP contribution in [0.4, 0.5) is 24.5 Å². The fourth-order valence-corrected chi connectivity index (χ4v) is 1.98. The molecule has 2 aromatic rings. The minimum Gasteiger partial charge on any atom is -0.376 e. The molecule has 6 nitrogen and oxygen atoms in total. The first-order valence-corrected chi connectivity index (χ1v) is 6.78. The second-order valence-corrected chi connectivity index (χ2v) is 5.08. The van der Waals surface area contributed by atoms with Gasteiger partial charge in [0.1, 0.15) is 12.7 Å². The molecule has 9 heteroatoms. The van der Waals surface area contributed by atoms with Gasteiger partial charge in [-0.1, -0.05) is 0 Å². The van der Waals surface area contributed by atoms with Gasteiger partial charge < -0.3 is 10.2 Å². The first-order valence-electron chi connectivity index (χ1n) is 6.78. The summed E-state index contributed by atoms with van der Waals surface area (Å²) in [5.41, 5.74) is -0.199. The van der Waals surface area contributed by atoms with Gasteiger partial charge in [-0.05, 0) is 18.2 Å². The van der Waals surface area contributed by atoms with Crippen LogP contribution in [0, 0.1) is 0 Å². The molecule has 2 rings (SSSR count). The predicted molar refractivity (Wildman–Crippen MR) is 79.0 cm³/mol. The second kappa shape index (κ2) is 6.67. The molecule has 0 bridgehead atoms. The van der Waals surface area contributed by atoms with Gasteiger partial charge in [0.2, 0.25) is 5.91 Å². The minimum atomic E-state index is -4.47. The van der Waals surface area contributed by atoms with Crippen molar-refractivity contribution in [3.63, 3.8) is 0 Å². The molecule has 0 atom stereocenters. The summed E-state index contributed by atoms with van der Waals surface area (Å²) in [4.78, 5) is 17.4. The summed E-state index contributed by atoms with van der Waals surface area (Å²) < 4.78 is 40.0. The Morgan fingerprint density at radius 1 is 1.35 bits per heavy atom. The van der Waals surface area contributed by atoms with Crippen LogP contribution in [-0.2, 0) is 17.5 Å². The van der Waals surface area contributed by atoms with Gasteiger partial charge in [-0.25, -0.2) is 4.98 Å². The highest BCUT2D eigenvalue weighted by atomic mass is 19.4. The minimum absolute atomic E-state index is 0.0759. The summed E-state index contributed by atoms with van der Waals surface area (Å²) in [7, 11) is 3.38. The topological polar surface area (TPSA) is 63.1 Å². The van der Waals surface area contributed by atoms with E-state index in [1.807, 2.05) is 0 Å². The molecule has 1 N–H and O–H groups in total. The number of amides is 1. The SMILES string of the molecule is CN(C)c1ccc(C(F)(F)F)cc1NC(=O)CCn1cncn1. The number of carbonyl (C=O) groups excluding carboxylic acids is 1. The largest absolute Gasteiger partial charge is 0.416 e. The van der Waals surface area contributed by atoms with E-state index >= 15 is 0 Å². The van der Waals surface area contributed by atoms with E-state index in [0.717, 1.165) is 12.1 Å². The van der Waals surface area contributed by atoms with Crippen molar-refractivity contribution < 1.29 is 18.0 Å². The number of carbonyl (C=O) groups is 1. The van der Waals surface area contributed by atoms with E-state index in [1.165, 1.54) is 23.4 Å². The molecule has 1 aromatic heterocycles. The number of nitrogens with zero attached hydrogens (tertiary/aromatic N) is 4. The van der Waals surface area contributed by atoms with Crippen molar-refractivity contribution in [3.05, 3.63) is 36.4 Å². The molecule has 0 saturated carbocycles. The molecule has 0 unspecified atom stereocenters. The van der Waals surface area contributed by atoms with Crippen LogP contribution in [0.25, 0.3) is 0 Å². The van der Waals surface area contributed by atoms with Gasteiger partial charge in [-0.15, -0.1) is 0 Å². The molecule has 1 amide bonds. The fraction of sp³-hybridized carbons (Fsp3) is 0.357. The molecule has 0 saturated heterocycles. The molecule has 124 valence electrons. The third-order valence-electron chi connectivity index (χ3n) is 3.11. The number of benzene rings is 1. The maximum atomic E-state index is 12.8. The Morgan fingerprint density at radius 3 is 2.65 bits per heavy atom. The molecule has 0 radical (unpaired) electrons. The molecular weight excluding hydrogens is 311 g/mol. The van der Waals surface area contributed by atoms with E-state index < -0.39 is 17.6 Å². The van der Waals surface area contributed by atoms with E-state index in [-0.39, 0.29) is 12.1 Å². The number of rotatable bonds is 5. The van der Waals surface area contributed by atoms with E-state index in [0.29, 0.717) is 12.2 Å². The van der Waals surface area contributed by atoms with Crippen molar-refractivity contribution in [2.45, 2.75) is 19.1 Å². The van der Waals surface area contributed by atoms with Crippen LogP contribution < -0.4 is 10.2 Å². The Morgan fingerprint density at radius 2 is 2.09 bits per heavy atom. The highest BCUT2D eigenvalue weighted by Gasteiger charge is 2.31. The summed E-state index contributed by atoms with van der Waals surface area (Å²) in [5.74, 6) is -0.400. The van der Waals surface area contributed by atoms with Crippen LogP contribution in [-0.4, -0.2) is 34.8 Å². The van der Waals surface area contributed by atoms with Gasteiger partial charge >= 0.3 is 6.18 Å². The lowest BCUT2D eigenvalue weighted by Crippen LogP contribution is -2.19. The first kappa shape index (κ1) is 16.8. The summed E-state index contributed by atoms with van der Waals surface area (Å²) in [6.07, 6.45) is -1.59. The Balaban J connectivity index is 2.14. The molecule has 0 fully saturated rings. The molecular formula is C14H16F3N5O. The number of nitrogens with one attached hydrogen (secondary N) is 1.